The highest BCUT2D eigenvalue weighted by atomic mass is 35.5. The van der Waals surface area contributed by atoms with E-state index in [1.54, 1.807) is 24.3 Å². The fraction of sp³-hybridized carbons (Fsp3) is 0.562. The van der Waals surface area contributed by atoms with Gasteiger partial charge in [0, 0.05) is 11.6 Å². The maximum atomic E-state index is 11.8. The number of nitrogens with one attached hydrogen (secondary N) is 2. The average molecular weight is 311 g/mol. The van der Waals surface area contributed by atoms with E-state index in [9.17, 15) is 4.79 Å². The van der Waals surface area contributed by atoms with Crippen LogP contribution in [-0.4, -0.2) is 32.1 Å². The van der Waals surface area contributed by atoms with Crippen LogP contribution in [0.5, 0.6) is 5.75 Å². The van der Waals surface area contributed by atoms with Crippen molar-refractivity contribution in [3.8, 4) is 5.75 Å². The number of carbonyl (C=O) groups excluding carboxylic acids is 1. The van der Waals surface area contributed by atoms with Crippen molar-refractivity contribution in [3.63, 3.8) is 0 Å². The smallest absolute Gasteiger partial charge is 0.223 e. The van der Waals surface area contributed by atoms with E-state index in [2.05, 4.69) is 17.6 Å². The molecule has 0 aromatic heterocycles. The molecule has 116 valence electrons. The molecule has 5 heteroatoms. The lowest BCUT2D eigenvalue weighted by molar-refractivity contribution is -0.122. The molecule has 1 heterocycles. The second-order valence-electron chi connectivity index (χ2n) is 5.89. The Balaban J connectivity index is 1.64. The van der Waals surface area contributed by atoms with Crippen LogP contribution in [0.25, 0.3) is 0 Å². The quantitative estimate of drug-likeness (QED) is 0.849. The van der Waals surface area contributed by atoms with Gasteiger partial charge in [-0.2, -0.15) is 0 Å². The lowest BCUT2D eigenvalue weighted by atomic mass is 9.81. The standard InChI is InChI=1S/C16H23ClN2O2/c1-16(7-9-18-10-8-16)12-19-15(20)6-11-21-14-4-2-13(17)3-5-14/h2-5,18H,6-12H2,1H3,(H,19,20). The van der Waals surface area contributed by atoms with Gasteiger partial charge in [0.2, 0.25) is 5.91 Å². The predicted octanol–water partition coefficient (Wildman–Crippen LogP) is 2.61. The predicted molar refractivity (Wildman–Crippen MR) is 84.8 cm³/mol. The molecular weight excluding hydrogens is 288 g/mol. The van der Waals surface area contributed by atoms with Crippen LogP contribution in [0.4, 0.5) is 0 Å². The minimum absolute atomic E-state index is 0.0451. The number of halogens is 1. The van der Waals surface area contributed by atoms with E-state index < -0.39 is 0 Å². The van der Waals surface area contributed by atoms with E-state index in [0.29, 0.717) is 18.1 Å². The summed E-state index contributed by atoms with van der Waals surface area (Å²) in [6, 6.07) is 7.15. The van der Waals surface area contributed by atoms with Gasteiger partial charge in [-0.05, 0) is 55.6 Å². The summed E-state index contributed by atoms with van der Waals surface area (Å²) in [6.07, 6.45) is 2.58. The molecule has 4 nitrogen and oxygen atoms in total. The topological polar surface area (TPSA) is 50.4 Å². The number of amides is 1. The van der Waals surface area contributed by atoms with Crippen LogP contribution in [0.3, 0.4) is 0 Å². The van der Waals surface area contributed by atoms with Crippen molar-refractivity contribution in [3.05, 3.63) is 29.3 Å². The lowest BCUT2D eigenvalue weighted by Crippen LogP contribution is -2.43. The number of hydrogen-bond donors (Lipinski definition) is 2. The first-order valence-electron chi connectivity index (χ1n) is 7.43. The molecule has 1 aromatic rings. The third-order valence-electron chi connectivity index (χ3n) is 3.93. The van der Waals surface area contributed by atoms with Crippen LogP contribution in [0.2, 0.25) is 5.02 Å². The third kappa shape index (κ3) is 5.56. The van der Waals surface area contributed by atoms with Gasteiger partial charge in [-0.3, -0.25) is 4.79 Å². The Labute approximate surface area is 131 Å². The SMILES string of the molecule is CC1(CNC(=O)CCOc2ccc(Cl)cc2)CCNCC1. The fourth-order valence-corrected chi connectivity index (χ4v) is 2.53. The van der Waals surface area contributed by atoms with Crippen LogP contribution in [0.15, 0.2) is 24.3 Å². The Morgan fingerprint density at radius 2 is 2.00 bits per heavy atom. The summed E-state index contributed by atoms with van der Waals surface area (Å²) in [5.74, 6) is 0.779. The Morgan fingerprint density at radius 3 is 2.67 bits per heavy atom. The highest BCUT2D eigenvalue weighted by Crippen LogP contribution is 2.26. The molecule has 1 fully saturated rings. The zero-order valence-corrected chi connectivity index (χ0v) is 13.2. The van der Waals surface area contributed by atoms with Crippen molar-refractivity contribution >= 4 is 17.5 Å². The van der Waals surface area contributed by atoms with Crippen LogP contribution in [0.1, 0.15) is 26.2 Å². The van der Waals surface area contributed by atoms with Crippen molar-refractivity contribution in [2.24, 2.45) is 5.41 Å². The molecule has 0 spiro atoms. The molecule has 0 radical (unpaired) electrons. The molecule has 2 rings (SSSR count). The molecule has 0 unspecified atom stereocenters. The first kappa shape index (κ1) is 16.1. The molecule has 1 aliphatic heterocycles. The largest absolute Gasteiger partial charge is 0.493 e. The first-order chi connectivity index (χ1) is 10.1. The van der Waals surface area contributed by atoms with Crippen molar-refractivity contribution in [2.75, 3.05) is 26.2 Å². The van der Waals surface area contributed by atoms with Gasteiger partial charge < -0.3 is 15.4 Å². The second kappa shape index (κ2) is 7.66. The maximum Gasteiger partial charge on any atom is 0.223 e. The van der Waals surface area contributed by atoms with Gasteiger partial charge >= 0.3 is 0 Å². The van der Waals surface area contributed by atoms with Gasteiger partial charge in [0.25, 0.3) is 0 Å². The molecule has 1 saturated heterocycles. The van der Waals surface area contributed by atoms with Crippen LogP contribution >= 0.6 is 11.6 Å². The molecule has 1 aliphatic rings. The number of carbonyl (C=O) groups is 1. The second-order valence-corrected chi connectivity index (χ2v) is 6.33. The first-order valence-corrected chi connectivity index (χ1v) is 7.81. The number of hydrogen-bond acceptors (Lipinski definition) is 3. The summed E-state index contributed by atoms with van der Waals surface area (Å²) in [5.41, 5.74) is 0.220. The highest BCUT2D eigenvalue weighted by molar-refractivity contribution is 6.30. The Kier molecular flexibility index (Phi) is 5.88. The molecule has 21 heavy (non-hydrogen) atoms. The van der Waals surface area contributed by atoms with Crippen molar-refractivity contribution in [1.82, 2.24) is 10.6 Å². The van der Waals surface area contributed by atoms with Crippen molar-refractivity contribution < 1.29 is 9.53 Å². The Bertz CT molecular complexity index is 456. The molecule has 0 aliphatic carbocycles. The zero-order chi connectivity index (χ0) is 15.1. The van der Waals surface area contributed by atoms with Gasteiger partial charge in [0.1, 0.15) is 5.75 Å². The number of piperidine rings is 1. The molecule has 1 amide bonds. The van der Waals surface area contributed by atoms with Crippen LogP contribution in [-0.2, 0) is 4.79 Å². The fourth-order valence-electron chi connectivity index (χ4n) is 2.40. The van der Waals surface area contributed by atoms with Crippen LogP contribution in [0, 0.1) is 5.41 Å². The highest BCUT2D eigenvalue weighted by Gasteiger charge is 2.26. The van der Waals surface area contributed by atoms with Gasteiger partial charge in [0.15, 0.2) is 0 Å². The zero-order valence-electron chi connectivity index (χ0n) is 12.5. The third-order valence-corrected chi connectivity index (χ3v) is 4.19. The summed E-state index contributed by atoms with van der Waals surface area (Å²) in [5, 5.41) is 7.04. The number of benzene rings is 1. The van der Waals surface area contributed by atoms with E-state index in [4.69, 9.17) is 16.3 Å². The van der Waals surface area contributed by atoms with Gasteiger partial charge in [-0.25, -0.2) is 0 Å². The molecule has 0 atom stereocenters. The van der Waals surface area contributed by atoms with Crippen molar-refractivity contribution in [2.45, 2.75) is 26.2 Å². The molecular formula is C16H23ClN2O2. The van der Waals surface area contributed by atoms with E-state index >= 15 is 0 Å². The van der Waals surface area contributed by atoms with E-state index in [-0.39, 0.29) is 11.3 Å². The minimum Gasteiger partial charge on any atom is -0.493 e. The molecule has 2 N–H and O–H groups in total. The summed E-state index contributed by atoms with van der Waals surface area (Å²) in [4.78, 5) is 11.8. The van der Waals surface area contributed by atoms with E-state index in [1.165, 1.54) is 0 Å². The maximum absolute atomic E-state index is 11.8. The Morgan fingerprint density at radius 1 is 1.33 bits per heavy atom. The molecule has 0 bridgehead atoms. The van der Waals surface area contributed by atoms with Crippen molar-refractivity contribution in [1.29, 1.82) is 0 Å². The Hall–Kier alpha value is -1.26. The molecule has 1 aromatic carbocycles. The summed E-state index contributed by atoms with van der Waals surface area (Å²) in [7, 11) is 0. The minimum atomic E-state index is 0.0451. The molecule has 0 saturated carbocycles. The average Bonchev–Trinajstić information content (AvgIpc) is 2.48. The van der Waals surface area contributed by atoms with Crippen LogP contribution < -0.4 is 15.4 Å². The lowest BCUT2D eigenvalue weighted by Gasteiger charge is -2.34. The van der Waals surface area contributed by atoms with Gasteiger partial charge in [0.05, 0.1) is 13.0 Å². The van der Waals surface area contributed by atoms with Gasteiger partial charge in [-0.1, -0.05) is 18.5 Å². The van der Waals surface area contributed by atoms with Gasteiger partial charge in [-0.15, -0.1) is 0 Å². The normalized spacial score (nSPS) is 17.2. The van der Waals surface area contributed by atoms with E-state index in [0.717, 1.165) is 38.2 Å². The number of ether oxygens (including phenoxy) is 1. The number of rotatable bonds is 6. The summed E-state index contributed by atoms with van der Waals surface area (Å²) < 4.78 is 5.52. The van der Waals surface area contributed by atoms with E-state index in [1.807, 2.05) is 0 Å². The summed E-state index contributed by atoms with van der Waals surface area (Å²) in [6.45, 7) is 5.43. The monoisotopic (exact) mass is 310 g/mol. The summed E-state index contributed by atoms with van der Waals surface area (Å²) >= 11 is 5.80.